The lowest BCUT2D eigenvalue weighted by atomic mass is 10.0. The van der Waals surface area contributed by atoms with Gasteiger partial charge in [-0.2, -0.15) is 0 Å². The number of carboxylic acids is 1. The summed E-state index contributed by atoms with van der Waals surface area (Å²) >= 11 is 0. The fraction of sp³-hybridized carbons (Fsp3) is 0.833. The van der Waals surface area contributed by atoms with Gasteiger partial charge < -0.3 is 25.2 Å². The van der Waals surface area contributed by atoms with E-state index < -0.39 is 18.0 Å². The van der Waals surface area contributed by atoms with E-state index >= 15 is 0 Å². The summed E-state index contributed by atoms with van der Waals surface area (Å²) < 4.78 is 4.87. The van der Waals surface area contributed by atoms with E-state index in [9.17, 15) is 9.59 Å². The standard InChI is InChI=1S/C12H24N2O5/c1-9(2)8-10(11(16)17)13-12(18)14(4-6-15)5-7-19-3/h9-10,15H,4-8H2,1-3H3,(H,13,18)(H,16,17)/t10-/m0/s1. The number of aliphatic hydroxyl groups excluding tert-OH is 1. The maximum Gasteiger partial charge on any atom is 0.326 e. The first-order valence-corrected chi connectivity index (χ1v) is 6.30. The molecule has 0 aromatic heterocycles. The van der Waals surface area contributed by atoms with E-state index in [4.69, 9.17) is 14.9 Å². The van der Waals surface area contributed by atoms with Crippen LogP contribution in [0.1, 0.15) is 20.3 Å². The van der Waals surface area contributed by atoms with Crippen molar-refractivity contribution in [2.45, 2.75) is 26.3 Å². The lowest BCUT2D eigenvalue weighted by Gasteiger charge is -2.24. The number of amides is 2. The van der Waals surface area contributed by atoms with Crippen molar-refractivity contribution in [3.63, 3.8) is 0 Å². The minimum absolute atomic E-state index is 0.142. The Bertz CT molecular complexity index is 283. The van der Waals surface area contributed by atoms with Gasteiger partial charge in [0.05, 0.1) is 13.2 Å². The highest BCUT2D eigenvalue weighted by atomic mass is 16.5. The van der Waals surface area contributed by atoms with Crippen molar-refractivity contribution < 1.29 is 24.5 Å². The molecule has 0 aliphatic rings. The molecule has 2 amide bonds. The zero-order valence-electron chi connectivity index (χ0n) is 11.8. The Morgan fingerprint density at radius 2 is 1.95 bits per heavy atom. The highest BCUT2D eigenvalue weighted by Gasteiger charge is 2.23. The number of hydrogen-bond donors (Lipinski definition) is 3. The number of rotatable bonds is 9. The van der Waals surface area contributed by atoms with Crippen LogP contribution in [0.3, 0.4) is 0 Å². The smallest absolute Gasteiger partial charge is 0.326 e. The number of ether oxygens (including phenoxy) is 1. The lowest BCUT2D eigenvalue weighted by molar-refractivity contribution is -0.139. The Kier molecular flexibility index (Phi) is 8.90. The molecule has 7 nitrogen and oxygen atoms in total. The Hall–Kier alpha value is -1.34. The van der Waals surface area contributed by atoms with Crippen LogP contribution in [0.2, 0.25) is 0 Å². The van der Waals surface area contributed by atoms with E-state index in [0.717, 1.165) is 0 Å². The molecular formula is C12H24N2O5. The average Bonchev–Trinajstić information content (AvgIpc) is 2.32. The van der Waals surface area contributed by atoms with Gasteiger partial charge in [-0.25, -0.2) is 9.59 Å². The molecule has 112 valence electrons. The molecule has 0 aliphatic carbocycles. The quantitative estimate of drug-likeness (QED) is 0.556. The van der Waals surface area contributed by atoms with Gasteiger partial charge in [-0.3, -0.25) is 0 Å². The van der Waals surface area contributed by atoms with Crippen molar-refractivity contribution >= 4 is 12.0 Å². The number of hydrogen-bond acceptors (Lipinski definition) is 4. The molecule has 0 bridgehead atoms. The number of carbonyl (C=O) groups is 2. The second-order valence-electron chi connectivity index (χ2n) is 4.67. The highest BCUT2D eigenvalue weighted by Crippen LogP contribution is 2.05. The van der Waals surface area contributed by atoms with Crippen molar-refractivity contribution in [3.8, 4) is 0 Å². The maximum absolute atomic E-state index is 11.9. The molecule has 0 heterocycles. The molecule has 0 fully saturated rings. The molecule has 0 aromatic carbocycles. The summed E-state index contributed by atoms with van der Waals surface area (Å²) in [5.74, 6) is -0.899. The Morgan fingerprint density at radius 3 is 2.37 bits per heavy atom. The van der Waals surface area contributed by atoms with Crippen LogP contribution >= 0.6 is 0 Å². The van der Waals surface area contributed by atoms with Crippen molar-refractivity contribution in [1.82, 2.24) is 10.2 Å². The number of carbonyl (C=O) groups excluding carboxylic acids is 1. The second kappa shape index (κ2) is 9.57. The molecule has 3 N–H and O–H groups in total. The SMILES string of the molecule is COCCN(CCO)C(=O)N[C@@H](CC(C)C)C(=O)O. The largest absolute Gasteiger partial charge is 0.480 e. The van der Waals surface area contributed by atoms with Crippen molar-refractivity contribution in [2.75, 3.05) is 33.4 Å². The number of methoxy groups -OCH3 is 1. The zero-order chi connectivity index (χ0) is 14.8. The molecule has 0 spiro atoms. The average molecular weight is 276 g/mol. The predicted molar refractivity (Wildman–Crippen MR) is 69.9 cm³/mol. The topological polar surface area (TPSA) is 99.1 Å². The molecule has 0 aromatic rings. The van der Waals surface area contributed by atoms with Crippen LogP contribution in [0.25, 0.3) is 0 Å². The van der Waals surface area contributed by atoms with E-state index in [-0.39, 0.29) is 19.1 Å². The number of carboxylic acid groups (broad SMARTS) is 1. The molecule has 7 heteroatoms. The molecular weight excluding hydrogens is 252 g/mol. The molecule has 0 aliphatic heterocycles. The van der Waals surface area contributed by atoms with Crippen molar-refractivity contribution in [3.05, 3.63) is 0 Å². The van der Waals surface area contributed by atoms with Crippen LogP contribution in [-0.2, 0) is 9.53 Å². The maximum atomic E-state index is 11.9. The van der Waals surface area contributed by atoms with Gasteiger partial charge in [0.25, 0.3) is 0 Å². The summed E-state index contributed by atoms with van der Waals surface area (Å²) in [6.07, 6.45) is 0.359. The normalized spacial score (nSPS) is 12.3. The van der Waals surface area contributed by atoms with Crippen LogP contribution in [0, 0.1) is 5.92 Å². The number of aliphatic carboxylic acids is 1. The van der Waals surface area contributed by atoms with Crippen LogP contribution in [0.4, 0.5) is 4.79 Å². The minimum Gasteiger partial charge on any atom is -0.480 e. The predicted octanol–water partition coefficient (Wildman–Crippen LogP) is 0.136. The van der Waals surface area contributed by atoms with Crippen LogP contribution in [-0.4, -0.2) is 66.6 Å². The molecule has 0 saturated carbocycles. The Morgan fingerprint density at radius 1 is 1.32 bits per heavy atom. The van der Waals surface area contributed by atoms with Gasteiger partial charge in [-0.05, 0) is 12.3 Å². The van der Waals surface area contributed by atoms with Crippen LogP contribution < -0.4 is 5.32 Å². The van der Waals surface area contributed by atoms with Gasteiger partial charge in [0.1, 0.15) is 6.04 Å². The van der Waals surface area contributed by atoms with E-state index in [1.165, 1.54) is 12.0 Å². The van der Waals surface area contributed by atoms with Gasteiger partial charge in [0, 0.05) is 20.2 Å². The first-order chi connectivity index (χ1) is 8.92. The number of nitrogens with zero attached hydrogens (tertiary/aromatic N) is 1. The zero-order valence-corrected chi connectivity index (χ0v) is 11.8. The molecule has 0 rings (SSSR count). The van der Waals surface area contributed by atoms with Gasteiger partial charge in [-0.1, -0.05) is 13.8 Å². The Balaban J connectivity index is 4.51. The van der Waals surface area contributed by atoms with E-state index in [1.807, 2.05) is 13.8 Å². The Labute approximate surface area is 113 Å². The first-order valence-electron chi connectivity index (χ1n) is 6.30. The molecule has 19 heavy (non-hydrogen) atoms. The van der Waals surface area contributed by atoms with Crippen LogP contribution in [0.5, 0.6) is 0 Å². The minimum atomic E-state index is -1.06. The fourth-order valence-corrected chi connectivity index (χ4v) is 1.57. The summed E-state index contributed by atoms with van der Waals surface area (Å²) in [7, 11) is 1.51. The van der Waals surface area contributed by atoms with Gasteiger partial charge in [-0.15, -0.1) is 0 Å². The third kappa shape index (κ3) is 7.63. The highest BCUT2D eigenvalue weighted by molar-refractivity contribution is 5.82. The summed E-state index contributed by atoms with van der Waals surface area (Å²) in [5, 5.41) is 20.4. The second-order valence-corrected chi connectivity index (χ2v) is 4.67. The molecule has 0 radical (unpaired) electrons. The number of aliphatic hydroxyl groups is 1. The van der Waals surface area contributed by atoms with Gasteiger partial charge in [0.15, 0.2) is 0 Å². The fourth-order valence-electron chi connectivity index (χ4n) is 1.57. The summed E-state index contributed by atoms with van der Waals surface area (Å²) in [5.41, 5.74) is 0. The molecule has 1 atom stereocenters. The van der Waals surface area contributed by atoms with Gasteiger partial charge in [0.2, 0.25) is 0 Å². The number of urea groups is 1. The molecule has 0 saturated heterocycles. The van der Waals surface area contributed by atoms with E-state index in [0.29, 0.717) is 19.6 Å². The molecule has 0 unspecified atom stereocenters. The van der Waals surface area contributed by atoms with Gasteiger partial charge >= 0.3 is 12.0 Å². The summed E-state index contributed by atoms with van der Waals surface area (Å²) in [4.78, 5) is 24.3. The van der Waals surface area contributed by atoms with Crippen LogP contribution in [0.15, 0.2) is 0 Å². The monoisotopic (exact) mass is 276 g/mol. The summed E-state index contributed by atoms with van der Waals surface area (Å²) in [6.45, 7) is 4.37. The number of nitrogens with one attached hydrogen (secondary N) is 1. The third-order valence-corrected chi connectivity index (χ3v) is 2.53. The van der Waals surface area contributed by atoms with E-state index in [2.05, 4.69) is 5.32 Å². The third-order valence-electron chi connectivity index (χ3n) is 2.53. The first kappa shape index (κ1) is 17.7. The lowest BCUT2D eigenvalue weighted by Crippen LogP contribution is -2.50. The van der Waals surface area contributed by atoms with E-state index in [1.54, 1.807) is 0 Å². The summed E-state index contributed by atoms with van der Waals surface area (Å²) in [6, 6.07) is -1.42. The van der Waals surface area contributed by atoms with Crippen molar-refractivity contribution in [2.24, 2.45) is 5.92 Å². The van der Waals surface area contributed by atoms with Crippen molar-refractivity contribution in [1.29, 1.82) is 0 Å².